The Balaban J connectivity index is 1.49. The van der Waals surface area contributed by atoms with E-state index in [0.29, 0.717) is 12.1 Å². The van der Waals surface area contributed by atoms with E-state index >= 15 is 0 Å². The SMILES string of the molecule is O=C(NC1CCCN(CC(=O)N2CCCCCC2)C1)c1ccncc1. The largest absolute Gasteiger partial charge is 0.348 e. The van der Waals surface area contributed by atoms with Crippen molar-refractivity contribution >= 4 is 11.8 Å². The second kappa shape index (κ2) is 8.94. The van der Waals surface area contributed by atoms with E-state index in [1.54, 1.807) is 24.5 Å². The highest BCUT2D eigenvalue weighted by Gasteiger charge is 2.25. The van der Waals surface area contributed by atoms with E-state index in [4.69, 9.17) is 0 Å². The molecule has 3 rings (SSSR count). The first-order chi connectivity index (χ1) is 12.2. The molecule has 0 aromatic carbocycles. The lowest BCUT2D eigenvalue weighted by molar-refractivity contribution is -0.132. The fourth-order valence-electron chi connectivity index (χ4n) is 3.70. The number of rotatable bonds is 4. The molecule has 1 aromatic rings. The predicted molar refractivity (Wildman–Crippen MR) is 96.2 cm³/mol. The summed E-state index contributed by atoms with van der Waals surface area (Å²) in [6.45, 7) is 3.95. The van der Waals surface area contributed by atoms with E-state index < -0.39 is 0 Å². The van der Waals surface area contributed by atoms with Crippen molar-refractivity contribution in [2.24, 2.45) is 0 Å². The summed E-state index contributed by atoms with van der Waals surface area (Å²) in [5.74, 6) is 0.177. The third-order valence-electron chi connectivity index (χ3n) is 5.10. The summed E-state index contributed by atoms with van der Waals surface area (Å²) in [6, 6.07) is 3.55. The van der Waals surface area contributed by atoms with Crippen LogP contribution in [0.3, 0.4) is 0 Å². The van der Waals surface area contributed by atoms with Crippen molar-refractivity contribution in [3.05, 3.63) is 30.1 Å². The maximum absolute atomic E-state index is 12.6. The van der Waals surface area contributed by atoms with Gasteiger partial charge in [-0.1, -0.05) is 12.8 Å². The maximum Gasteiger partial charge on any atom is 0.251 e. The van der Waals surface area contributed by atoms with Crippen molar-refractivity contribution in [3.63, 3.8) is 0 Å². The minimum atomic E-state index is -0.0619. The van der Waals surface area contributed by atoms with Crippen molar-refractivity contribution in [2.75, 3.05) is 32.7 Å². The molecule has 0 aliphatic carbocycles. The number of aromatic nitrogens is 1. The highest BCUT2D eigenvalue weighted by molar-refractivity contribution is 5.94. The van der Waals surface area contributed by atoms with Gasteiger partial charge in [-0.05, 0) is 44.4 Å². The van der Waals surface area contributed by atoms with Crippen LogP contribution >= 0.6 is 0 Å². The third-order valence-corrected chi connectivity index (χ3v) is 5.10. The number of carbonyl (C=O) groups is 2. The summed E-state index contributed by atoms with van der Waals surface area (Å²) in [4.78, 5) is 33.0. The van der Waals surface area contributed by atoms with Crippen molar-refractivity contribution in [1.29, 1.82) is 0 Å². The average molecular weight is 344 g/mol. The van der Waals surface area contributed by atoms with Crippen LogP contribution in [0.5, 0.6) is 0 Å². The molecule has 136 valence electrons. The molecule has 0 saturated carbocycles. The molecule has 25 heavy (non-hydrogen) atoms. The van der Waals surface area contributed by atoms with Crippen molar-refractivity contribution in [3.8, 4) is 0 Å². The van der Waals surface area contributed by atoms with Gasteiger partial charge in [-0.2, -0.15) is 0 Å². The summed E-state index contributed by atoms with van der Waals surface area (Å²) in [7, 11) is 0. The Morgan fingerprint density at radius 3 is 2.48 bits per heavy atom. The summed E-state index contributed by atoms with van der Waals surface area (Å²) in [5, 5.41) is 3.09. The lowest BCUT2D eigenvalue weighted by atomic mass is 10.0. The highest BCUT2D eigenvalue weighted by atomic mass is 16.2. The molecule has 0 spiro atoms. The van der Waals surface area contributed by atoms with Crippen LogP contribution in [0.4, 0.5) is 0 Å². The number of nitrogens with zero attached hydrogens (tertiary/aromatic N) is 3. The van der Waals surface area contributed by atoms with E-state index in [0.717, 1.165) is 51.9 Å². The summed E-state index contributed by atoms with van der Waals surface area (Å²) in [6.07, 6.45) is 9.93. The van der Waals surface area contributed by atoms with Gasteiger partial charge in [-0.3, -0.25) is 19.5 Å². The van der Waals surface area contributed by atoms with Crippen LogP contribution in [-0.4, -0.2) is 65.4 Å². The van der Waals surface area contributed by atoms with E-state index in [-0.39, 0.29) is 17.9 Å². The first kappa shape index (κ1) is 17.9. The smallest absolute Gasteiger partial charge is 0.251 e. The van der Waals surface area contributed by atoms with Gasteiger partial charge in [0.15, 0.2) is 0 Å². The van der Waals surface area contributed by atoms with Crippen LogP contribution < -0.4 is 5.32 Å². The Hall–Kier alpha value is -1.95. The van der Waals surface area contributed by atoms with Gasteiger partial charge in [0.25, 0.3) is 5.91 Å². The number of amides is 2. The summed E-state index contributed by atoms with van der Waals surface area (Å²) < 4.78 is 0. The first-order valence-electron chi connectivity index (χ1n) is 9.43. The fourth-order valence-corrected chi connectivity index (χ4v) is 3.70. The molecule has 6 heteroatoms. The van der Waals surface area contributed by atoms with Crippen LogP contribution in [0.1, 0.15) is 48.9 Å². The second-order valence-electron chi connectivity index (χ2n) is 7.08. The Morgan fingerprint density at radius 2 is 1.76 bits per heavy atom. The normalized spacial score (nSPS) is 22.2. The van der Waals surface area contributed by atoms with Gasteiger partial charge in [-0.25, -0.2) is 0 Å². The lowest BCUT2D eigenvalue weighted by Gasteiger charge is -2.34. The van der Waals surface area contributed by atoms with E-state index in [9.17, 15) is 9.59 Å². The molecule has 1 unspecified atom stereocenters. The zero-order chi connectivity index (χ0) is 17.5. The minimum absolute atomic E-state index is 0.0619. The molecule has 0 bridgehead atoms. The fraction of sp³-hybridized carbons (Fsp3) is 0.632. The molecule has 2 aliphatic rings. The molecule has 2 saturated heterocycles. The molecular weight excluding hydrogens is 316 g/mol. The number of hydrogen-bond acceptors (Lipinski definition) is 4. The molecule has 1 N–H and O–H groups in total. The minimum Gasteiger partial charge on any atom is -0.348 e. The second-order valence-corrected chi connectivity index (χ2v) is 7.08. The molecule has 1 atom stereocenters. The summed E-state index contributed by atoms with van der Waals surface area (Å²) in [5.41, 5.74) is 0.632. The number of carbonyl (C=O) groups excluding carboxylic acids is 2. The predicted octanol–water partition coefficient (Wildman–Crippen LogP) is 1.68. The third kappa shape index (κ3) is 5.26. The Kier molecular flexibility index (Phi) is 6.39. The molecule has 1 aromatic heterocycles. The standard InChI is InChI=1S/C19H28N4O2/c24-18(23-12-3-1-2-4-13-23)15-22-11-5-6-17(14-22)21-19(25)16-7-9-20-10-8-16/h7-10,17H,1-6,11-15H2,(H,21,25). The average Bonchev–Trinajstić information content (AvgIpc) is 2.92. The van der Waals surface area contributed by atoms with Gasteiger partial charge < -0.3 is 10.2 Å². The Morgan fingerprint density at radius 1 is 1.04 bits per heavy atom. The number of nitrogens with one attached hydrogen (secondary N) is 1. The van der Waals surface area contributed by atoms with Crippen LogP contribution in [0.15, 0.2) is 24.5 Å². The number of pyridine rings is 1. The van der Waals surface area contributed by atoms with Gasteiger partial charge in [0.1, 0.15) is 0 Å². The van der Waals surface area contributed by atoms with Gasteiger partial charge >= 0.3 is 0 Å². The van der Waals surface area contributed by atoms with E-state index in [2.05, 4.69) is 15.2 Å². The molecular formula is C19H28N4O2. The number of hydrogen-bond donors (Lipinski definition) is 1. The van der Waals surface area contributed by atoms with Crippen molar-refractivity contribution < 1.29 is 9.59 Å². The van der Waals surface area contributed by atoms with Crippen LogP contribution in [-0.2, 0) is 4.79 Å². The van der Waals surface area contributed by atoms with Crippen LogP contribution in [0.2, 0.25) is 0 Å². The monoisotopic (exact) mass is 344 g/mol. The zero-order valence-corrected chi connectivity index (χ0v) is 14.8. The number of piperidine rings is 1. The molecule has 2 amide bonds. The quantitative estimate of drug-likeness (QED) is 0.902. The molecule has 2 aliphatic heterocycles. The van der Waals surface area contributed by atoms with Gasteiger partial charge in [-0.15, -0.1) is 0 Å². The Labute approximate surface area is 149 Å². The molecule has 3 heterocycles. The zero-order valence-electron chi connectivity index (χ0n) is 14.8. The van der Waals surface area contributed by atoms with Gasteiger partial charge in [0.05, 0.1) is 6.54 Å². The lowest BCUT2D eigenvalue weighted by Crippen LogP contribution is -2.50. The van der Waals surface area contributed by atoms with Crippen LogP contribution in [0.25, 0.3) is 0 Å². The number of likely N-dealkylation sites (tertiary alicyclic amines) is 2. The Bertz CT molecular complexity index is 570. The molecule has 6 nitrogen and oxygen atoms in total. The van der Waals surface area contributed by atoms with E-state index in [1.165, 1.54) is 12.8 Å². The highest BCUT2D eigenvalue weighted by Crippen LogP contribution is 2.13. The van der Waals surface area contributed by atoms with Gasteiger partial charge in [0.2, 0.25) is 5.91 Å². The summed E-state index contributed by atoms with van der Waals surface area (Å²) >= 11 is 0. The molecule has 0 radical (unpaired) electrons. The van der Waals surface area contributed by atoms with Gasteiger partial charge in [0, 0.05) is 43.6 Å². The maximum atomic E-state index is 12.6. The molecule has 2 fully saturated rings. The van der Waals surface area contributed by atoms with E-state index in [1.807, 2.05) is 4.90 Å². The first-order valence-corrected chi connectivity index (χ1v) is 9.43. The van der Waals surface area contributed by atoms with Crippen molar-refractivity contribution in [2.45, 2.75) is 44.6 Å². The topological polar surface area (TPSA) is 65.5 Å². The van der Waals surface area contributed by atoms with Crippen molar-refractivity contribution in [1.82, 2.24) is 20.1 Å². The van der Waals surface area contributed by atoms with Crippen LogP contribution in [0, 0.1) is 0 Å².